The fraction of sp³-hybridized carbons (Fsp3) is 0.500. The van der Waals surface area contributed by atoms with Gasteiger partial charge in [0.15, 0.2) is 5.57 Å². The van der Waals surface area contributed by atoms with Crippen molar-refractivity contribution in [3.8, 4) is 0 Å². The summed E-state index contributed by atoms with van der Waals surface area (Å²) in [5.41, 5.74) is -0.146. The average molecular weight is 384 g/mol. The molecule has 0 saturated heterocycles. The Kier molecular flexibility index (Phi) is 7.63. The lowest BCUT2D eigenvalue weighted by Crippen LogP contribution is -2.25. The molecule has 0 spiro atoms. The van der Waals surface area contributed by atoms with Crippen molar-refractivity contribution in [3.63, 3.8) is 0 Å². The second-order valence-corrected chi connectivity index (χ2v) is 6.99. The van der Waals surface area contributed by atoms with Gasteiger partial charge in [0.25, 0.3) is 0 Å². The molecule has 0 fully saturated rings. The summed E-state index contributed by atoms with van der Waals surface area (Å²) in [5, 5.41) is 0. The van der Waals surface area contributed by atoms with E-state index >= 15 is 0 Å². The summed E-state index contributed by atoms with van der Waals surface area (Å²) in [7, 11) is 1.15. The lowest BCUT2D eigenvalue weighted by atomic mass is 10.1. The molecule has 0 aliphatic rings. The lowest BCUT2D eigenvalue weighted by Gasteiger charge is -2.26. The number of methoxy groups -OCH3 is 1. The maximum Gasteiger partial charge on any atom is 0.425 e. The van der Waals surface area contributed by atoms with E-state index < -0.39 is 23.2 Å². The van der Waals surface area contributed by atoms with Gasteiger partial charge in [0, 0.05) is 6.20 Å². The maximum absolute atomic E-state index is 13.9. The van der Waals surface area contributed by atoms with Crippen molar-refractivity contribution < 1.29 is 22.6 Å². The largest absolute Gasteiger partial charge is 0.488 e. The van der Waals surface area contributed by atoms with Gasteiger partial charge in [0.1, 0.15) is 11.4 Å². The number of allylic oxidation sites excluding steroid dienone is 2. The number of hydrogen-bond acceptors (Lipinski definition) is 4. The Bertz CT molecular complexity index is 725. The highest BCUT2D eigenvalue weighted by molar-refractivity contribution is 5.97. The maximum atomic E-state index is 13.9. The Balaban J connectivity index is 3.57. The van der Waals surface area contributed by atoms with E-state index in [1.807, 2.05) is 13.0 Å². The van der Waals surface area contributed by atoms with Crippen molar-refractivity contribution in [3.05, 3.63) is 52.9 Å². The Labute approximate surface area is 158 Å². The molecule has 0 atom stereocenters. The third-order valence-electron chi connectivity index (χ3n) is 3.29. The van der Waals surface area contributed by atoms with Crippen LogP contribution in [0.3, 0.4) is 0 Å². The van der Waals surface area contributed by atoms with Crippen molar-refractivity contribution in [2.24, 2.45) is 4.99 Å². The molecule has 0 amide bonds. The number of aromatic nitrogens is 1. The van der Waals surface area contributed by atoms with Crippen LogP contribution in [-0.2, 0) is 9.47 Å². The second kappa shape index (κ2) is 9.06. The molecule has 0 aromatic carbocycles. The monoisotopic (exact) mass is 384 g/mol. The first-order valence-electron chi connectivity index (χ1n) is 8.62. The first-order chi connectivity index (χ1) is 12.4. The first kappa shape index (κ1) is 22.7. The van der Waals surface area contributed by atoms with Crippen LogP contribution in [0.15, 0.2) is 46.6 Å². The van der Waals surface area contributed by atoms with Crippen LogP contribution < -0.4 is 0 Å². The van der Waals surface area contributed by atoms with Gasteiger partial charge in [0.2, 0.25) is 5.88 Å². The predicted octanol–water partition coefficient (Wildman–Crippen LogP) is 5.73. The van der Waals surface area contributed by atoms with Crippen molar-refractivity contribution >= 4 is 5.71 Å². The van der Waals surface area contributed by atoms with Gasteiger partial charge < -0.3 is 9.47 Å². The Morgan fingerprint density at radius 3 is 2.26 bits per heavy atom. The average Bonchev–Trinajstić information content (AvgIpc) is 2.52. The van der Waals surface area contributed by atoms with E-state index in [1.54, 1.807) is 46.9 Å². The molecule has 0 saturated carbocycles. The molecule has 27 heavy (non-hydrogen) atoms. The minimum atomic E-state index is -4.71. The molecule has 1 rings (SSSR count). The standard InChI is InChI=1S/C20H27F3N2O2/c1-8-9-16(27-19(4,5)6)17(20(21,22)23)18(26-7)25-14(3)15-11-10-13(2)12-24-15/h9-12H,8H2,1-7H3/b16-9-,18-17-,25-14?. The molecular formula is C20H27F3N2O2. The zero-order chi connectivity index (χ0) is 20.8. The number of hydrogen-bond donors (Lipinski definition) is 0. The molecular weight excluding hydrogens is 357 g/mol. The van der Waals surface area contributed by atoms with E-state index in [-0.39, 0.29) is 5.76 Å². The summed E-state index contributed by atoms with van der Waals surface area (Å²) in [6, 6.07) is 3.51. The van der Waals surface area contributed by atoms with Gasteiger partial charge in [-0.2, -0.15) is 13.2 Å². The van der Waals surface area contributed by atoms with Crippen LogP contribution in [0, 0.1) is 6.92 Å². The molecule has 0 unspecified atom stereocenters. The normalized spacial score (nSPS) is 14.7. The zero-order valence-corrected chi connectivity index (χ0v) is 16.9. The molecule has 0 radical (unpaired) electrons. The van der Waals surface area contributed by atoms with Crippen molar-refractivity contribution in [1.82, 2.24) is 4.98 Å². The summed E-state index contributed by atoms with van der Waals surface area (Å²) in [5.74, 6) is -0.867. The number of aliphatic imine (C=N–C) groups is 1. The first-order valence-corrected chi connectivity index (χ1v) is 8.62. The molecule has 0 N–H and O–H groups in total. The molecule has 1 aromatic heterocycles. The molecule has 7 heteroatoms. The van der Waals surface area contributed by atoms with Crippen molar-refractivity contribution in [2.45, 2.75) is 59.7 Å². The molecule has 1 aromatic rings. The SMILES string of the molecule is CC/C=C(OC(C)(C)C)/C(=C(\N=C(C)c1ccc(C)cn1)OC)C(F)(F)F. The van der Waals surface area contributed by atoms with Gasteiger partial charge in [-0.3, -0.25) is 4.98 Å². The molecule has 150 valence electrons. The van der Waals surface area contributed by atoms with E-state index in [4.69, 9.17) is 9.47 Å². The number of rotatable bonds is 6. The van der Waals surface area contributed by atoms with Gasteiger partial charge in [-0.25, -0.2) is 4.99 Å². The molecule has 0 aliphatic heterocycles. The highest BCUT2D eigenvalue weighted by Crippen LogP contribution is 2.37. The Morgan fingerprint density at radius 2 is 1.85 bits per heavy atom. The van der Waals surface area contributed by atoms with Gasteiger partial charge >= 0.3 is 6.18 Å². The van der Waals surface area contributed by atoms with Crippen molar-refractivity contribution in [2.75, 3.05) is 7.11 Å². The summed E-state index contributed by atoms with van der Waals surface area (Å²) in [6.45, 7) is 10.2. The summed E-state index contributed by atoms with van der Waals surface area (Å²) < 4.78 is 52.2. The summed E-state index contributed by atoms with van der Waals surface area (Å²) in [6.07, 6.45) is -1.34. The third-order valence-corrected chi connectivity index (χ3v) is 3.29. The number of halogens is 3. The molecule has 4 nitrogen and oxygen atoms in total. The molecule has 0 aliphatic carbocycles. The fourth-order valence-corrected chi connectivity index (χ4v) is 2.17. The second-order valence-electron chi connectivity index (χ2n) is 6.99. The zero-order valence-electron chi connectivity index (χ0n) is 16.9. The smallest absolute Gasteiger partial charge is 0.425 e. The van der Waals surface area contributed by atoms with Gasteiger partial charge in [-0.15, -0.1) is 0 Å². The van der Waals surface area contributed by atoms with E-state index in [1.165, 1.54) is 6.08 Å². The van der Waals surface area contributed by atoms with Crippen LogP contribution in [0.2, 0.25) is 0 Å². The third kappa shape index (κ3) is 7.07. The van der Waals surface area contributed by atoms with Crippen LogP contribution >= 0.6 is 0 Å². The number of pyridine rings is 1. The molecule has 0 bridgehead atoms. The van der Waals surface area contributed by atoms with Crippen LogP contribution in [0.4, 0.5) is 13.2 Å². The minimum Gasteiger partial charge on any atom is -0.488 e. The quantitative estimate of drug-likeness (QED) is 0.357. The number of aryl methyl sites for hydroxylation is 1. The Hall–Kier alpha value is -2.31. The van der Waals surface area contributed by atoms with Crippen molar-refractivity contribution in [1.29, 1.82) is 0 Å². The van der Waals surface area contributed by atoms with Crippen LogP contribution in [-0.4, -0.2) is 29.6 Å². The van der Waals surface area contributed by atoms with Gasteiger partial charge in [-0.05, 0) is 58.7 Å². The van der Waals surface area contributed by atoms with E-state index in [0.29, 0.717) is 17.8 Å². The lowest BCUT2D eigenvalue weighted by molar-refractivity contribution is -0.101. The topological polar surface area (TPSA) is 43.7 Å². The minimum absolute atomic E-state index is 0.303. The van der Waals surface area contributed by atoms with E-state index in [2.05, 4.69) is 9.98 Å². The van der Waals surface area contributed by atoms with Gasteiger partial charge in [0.05, 0.1) is 18.5 Å². The number of ether oxygens (including phenoxy) is 2. The van der Waals surface area contributed by atoms with Crippen LogP contribution in [0.25, 0.3) is 0 Å². The number of nitrogens with zero attached hydrogens (tertiary/aromatic N) is 2. The van der Waals surface area contributed by atoms with Gasteiger partial charge in [-0.1, -0.05) is 13.0 Å². The van der Waals surface area contributed by atoms with E-state index in [9.17, 15) is 13.2 Å². The summed E-state index contributed by atoms with van der Waals surface area (Å²) >= 11 is 0. The van der Waals surface area contributed by atoms with E-state index in [0.717, 1.165) is 12.7 Å². The highest BCUT2D eigenvalue weighted by Gasteiger charge is 2.42. The molecule has 1 heterocycles. The summed E-state index contributed by atoms with van der Waals surface area (Å²) in [4.78, 5) is 8.26. The highest BCUT2D eigenvalue weighted by atomic mass is 19.4. The predicted molar refractivity (Wildman–Crippen MR) is 100 cm³/mol. The number of alkyl halides is 3. The fourth-order valence-electron chi connectivity index (χ4n) is 2.17. The van der Waals surface area contributed by atoms with Crippen LogP contribution in [0.1, 0.15) is 52.3 Å². The Morgan fingerprint density at radius 1 is 1.22 bits per heavy atom. The van der Waals surface area contributed by atoms with Crippen LogP contribution in [0.5, 0.6) is 0 Å².